The van der Waals surface area contributed by atoms with E-state index in [0.29, 0.717) is 12.4 Å². The van der Waals surface area contributed by atoms with E-state index in [2.05, 4.69) is 44.5 Å². The average Bonchev–Trinajstić information content (AvgIpc) is 3.39. The summed E-state index contributed by atoms with van der Waals surface area (Å²) in [6, 6.07) is 10.1. The molecule has 160 valence electrons. The van der Waals surface area contributed by atoms with Gasteiger partial charge in [0.05, 0.1) is 13.1 Å². The van der Waals surface area contributed by atoms with Crippen molar-refractivity contribution in [3.05, 3.63) is 53.9 Å². The number of hydrogen-bond donors (Lipinski definition) is 2. The van der Waals surface area contributed by atoms with Crippen LogP contribution in [0.1, 0.15) is 37.6 Å². The van der Waals surface area contributed by atoms with Gasteiger partial charge in [-0.1, -0.05) is 25.1 Å². The van der Waals surface area contributed by atoms with E-state index in [1.807, 2.05) is 35.0 Å². The van der Waals surface area contributed by atoms with Crippen molar-refractivity contribution in [2.24, 2.45) is 4.99 Å². The molecule has 2 aromatic heterocycles. The molecule has 2 N–H and O–H groups in total. The third kappa shape index (κ3) is 5.38. The summed E-state index contributed by atoms with van der Waals surface area (Å²) in [6.45, 7) is 6.19. The lowest BCUT2D eigenvalue weighted by atomic mass is 10.1. The maximum atomic E-state index is 5.61. The predicted octanol–water partition coefficient (Wildman–Crippen LogP) is 3.18. The number of fused-ring (bicyclic) bond motifs is 1. The number of benzene rings is 1. The number of nitrogens with zero attached hydrogens (tertiary/aromatic N) is 5. The van der Waals surface area contributed by atoms with Gasteiger partial charge in [-0.3, -0.25) is 0 Å². The molecule has 0 amide bonds. The maximum Gasteiger partial charge on any atom is 0.226 e. The molecule has 1 atom stereocenters. The van der Waals surface area contributed by atoms with E-state index in [1.54, 1.807) is 6.26 Å². The van der Waals surface area contributed by atoms with Crippen LogP contribution in [-0.4, -0.2) is 38.3 Å². The molecule has 3 aromatic rings. The minimum absolute atomic E-state index is 0. The maximum absolute atomic E-state index is 5.61. The minimum atomic E-state index is 0. The highest BCUT2D eigenvalue weighted by atomic mass is 127. The van der Waals surface area contributed by atoms with E-state index in [0.717, 1.165) is 61.2 Å². The molecule has 3 heterocycles. The largest absolute Gasteiger partial charge is 0.444 e. The van der Waals surface area contributed by atoms with E-state index < -0.39 is 0 Å². The molecule has 30 heavy (non-hydrogen) atoms. The highest BCUT2D eigenvalue weighted by molar-refractivity contribution is 14.0. The molecule has 0 radical (unpaired) electrons. The molecule has 0 fully saturated rings. The molecule has 1 aromatic carbocycles. The first-order valence-electron chi connectivity index (χ1n) is 10.2. The molecule has 4 rings (SSSR count). The van der Waals surface area contributed by atoms with Crippen LogP contribution in [-0.2, 0) is 25.9 Å². The van der Waals surface area contributed by atoms with E-state index >= 15 is 0 Å². The Labute approximate surface area is 193 Å². The first-order chi connectivity index (χ1) is 14.2. The van der Waals surface area contributed by atoms with Gasteiger partial charge in [-0.15, -0.1) is 24.0 Å². The number of aryl methyl sites for hydroxylation is 2. The SMILES string of the molecule is CCNC(=NCc1coc(-c2ccccc2)n1)NC1CCc2nc(CC)nn2C1.I. The van der Waals surface area contributed by atoms with Crippen molar-refractivity contribution in [1.29, 1.82) is 0 Å². The molecule has 0 bridgehead atoms. The topological polar surface area (TPSA) is 93.2 Å². The van der Waals surface area contributed by atoms with Gasteiger partial charge in [0.2, 0.25) is 5.89 Å². The van der Waals surface area contributed by atoms with Gasteiger partial charge < -0.3 is 15.1 Å². The number of halogens is 1. The zero-order valence-electron chi connectivity index (χ0n) is 17.3. The normalized spacial score (nSPS) is 15.9. The molecule has 1 aliphatic heterocycles. The van der Waals surface area contributed by atoms with Crippen LogP contribution in [0.15, 0.2) is 46.0 Å². The zero-order valence-corrected chi connectivity index (χ0v) is 19.7. The first kappa shape index (κ1) is 22.3. The van der Waals surface area contributed by atoms with E-state index in [4.69, 9.17) is 4.42 Å². The number of hydrogen-bond acceptors (Lipinski definition) is 5. The molecule has 0 spiro atoms. The van der Waals surface area contributed by atoms with Gasteiger partial charge in [-0.2, -0.15) is 5.10 Å². The van der Waals surface area contributed by atoms with Crippen molar-refractivity contribution in [3.63, 3.8) is 0 Å². The van der Waals surface area contributed by atoms with E-state index in [-0.39, 0.29) is 30.0 Å². The van der Waals surface area contributed by atoms with Gasteiger partial charge in [-0.25, -0.2) is 19.6 Å². The summed E-state index contributed by atoms with van der Waals surface area (Å²) in [5, 5.41) is 11.4. The fraction of sp³-hybridized carbons (Fsp3) is 0.429. The molecule has 8 nitrogen and oxygen atoms in total. The Bertz CT molecular complexity index is 967. The predicted molar refractivity (Wildman–Crippen MR) is 127 cm³/mol. The van der Waals surface area contributed by atoms with Gasteiger partial charge in [0.15, 0.2) is 11.8 Å². The lowest BCUT2D eigenvalue weighted by Crippen LogP contribution is -2.47. The summed E-state index contributed by atoms with van der Waals surface area (Å²) >= 11 is 0. The lowest BCUT2D eigenvalue weighted by Gasteiger charge is -2.25. The Morgan fingerprint density at radius 3 is 2.83 bits per heavy atom. The smallest absolute Gasteiger partial charge is 0.226 e. The second-order valence-electron chi connectivity index (χ2n) is 7.07. The van der Waals surface area contributed by atoms with Crippen molar-refractivity contribution in [3.8, 4) is 11.5 Å². The first-order valence-corrected chi connectivity index (χ1v) is 10.2. The van der Waals surface area contributed by atoms with Gasteiger partial charge in [0.25, 0.3) is 0 Å². The number of rotatable bonds is 6. The van der Waals surface area contributed by atoms with Crippen molar-refractivity contribution >= 4 is 29.9 Å². The van der Waals surface area contributed by atoms with Gasteiger partial charge in [0, 0.05) is 31.0 Å². The highest BCUT2D eigenvalue weighted by Crippen LogP contribution is 2.18. The van der Waals surface area contributed by atoms with Crippen molar-refractivity contribution in [2.45, 2.75) is 52.2 Å². The molecule has 0 aliphatic carbocycles. The van der Waals surface area contributed by atoms with Crippen LogP contribution in [0.4, 0.5) is 0 Å². The summed E-state index contributed by atoms with van der Waals surface area (Å²) in [5.41, 5.74) is 1.76. The second-order valence-corrected chi connectivity index (χ2v) is 7.07. The van der Waals surface area contributed by atoms with Crippen molar-refractivity contribution < 1.29 is 4.42 Å². The molecule has 1 unspecified atom stereocenters. The second kappa shape index (κ2) is 10.6. The Balaban J connectivity index is 0.00000256. The van der Waals surface area contributed by atoms with Crippen molar-refractivity contribution in [1.82, 2.24) is 30.4 Å². The molecule has 0 saturated carbocycles. The standard InChI is InChI=1S/C21H27N7O.HI/c1-3-18-26-19-11-10-16(13-28(19)27-18)25-21(22-4-2)23-12-17-14-29-20(24-17)15-8-6-5-7-9-15;/h5-9,14,16H,3-4,10-13H2,1-2H3,(H2,22,23,25);1H. The summed E-state index contributed by atoms with van der Waals surface area (Å²) in [6.07, 6.45) is 4.47. The quantitative estimate of drug-likeness (QED) is 0.294. The lowest BCUT2D eigenvalue weighted by molar-refractivity contribution is 0.392. The van der Waals surface area contributed by atoms with Crippen molar-refractivity contribution in [2.75, 3.05) is 6.54 Å². The Hall–Kier alpha value is -2.43. The third-order valence-corrected chi connectivity index (χ3v) is 4.87. The molecule has 1 aliphatic rings. The van der Waals surface area contributed by atoms with Gasteiger partial charge in [0.1, 0.15) is 17.8 Å². The van der Waals surface area contributed by atoms with Crippen LogP contribution in [0.25, 0.3) is 11.5 Å². The van der Waals surface area contributed by atoms with Crippen LogP contribution in [0.3, 0.4) is 0 Å². The summed E-state index contributed by atoms with van der Waals surface area (Å²) in [5.74, 6) is 3.40. The number of nitrogens with one attached hydrogen (secondary N) is 2. The number of aromatic nitrogens is 4. The monoisotopic (exact) mass is 521 g/mol. The Kier molecular flexibility index (Phi) is 7.83. The van der Waals surface area contributed by atoms with Crippen LogP contribution < -0.4 is 10.6 Å². The fourth-order valence-corrected chi connectivity index (χ4v) is 3.39. The molecular formula is C21H28IN7O. The highest BCUT2D eigenvalue weighted by Gasteiger charge is 2.22. The Morgan fingerprint density at radius 2 is 2.07 bits per heavy atom. The minimum Gasteiger partial charge on any atom is -0.444 e. The van der Waals surface area contributed by atoms with Gasteiger partial charge >= 0.3 is 0 Å². The number of guanidine groups is 1. The molecular weight excluding hydrogens is 493 g/mol. The third-order valence-electron chi connectivity index (χ3n) is 4.87. The summed E-state index contributed by atoms with van der Waals surface area (Å²) < 4.78 is 7.63. The number of aliphatic imine (C=N–C) groups is 1. The van der Waals surface area contributed by atoms with Crippen LogP contribution in [0.5, 0.6) is 0 Å². The summed E-state index contributed by atoms with van der Waals surface area (Å²) in [7, 11) is 0. The fourth-order valence-electron chi connectivity index (χ4n) is 3.39. The van der Waals surface area contributed by atoms with E-state index in [1.165, 1.54) is 0 Å². The summed E-state index contributed by atoms with van der Waals surface area (Å²) in [4.78, 5) is 13.8. The molecule has 9 heteroatoms. The van der Waals surface area contributed by atoms with Crippen LogP contribution in [0.2, 0.25) is 0 Å². The number of oxazole rings is 1. The van der Waals surface area contributed by atoms with Crippen LogP contribution in [0, 0.1) is 0 Å². The molecule has 0 saturated heterocycles. The zero-order chi connectivity index (χ0) is 20.1. The van der Waals surface area contributed by atoms with Gasteiger partial charge in [-0.05, 0) is 25.5 Å². The van der Waals surface area contributed by atoms with Crippen LogP contribution >= 0.6 is 24.0 Å². The van der Waals surface area contributed by atoms with E-state index in [9.17, 15) is 0 Å². The average molecular weight is 521 g/mol. The Morgan fingerprint density at radius 1 is 1.23 bits per heavy atom.